The molecule has 0 bridgehead atoms. The zero-order chi connectivity index (χ0) is 27.2. The van der Waals surface area contributed by atoms with E-state index >= 15 is 0 Å². The number of hydrogen-bond donors (Lipinski definition) is 2. The van der Waals surface area contributed by atoms with E-state index in [1.54, 1.807) is 30.3 Å². The molecule has 11 heteroatoms. The zero-order valence-corrected chi connectivity index (χ0v) is 20.4. The van der Waals surface area contributed by atoms with Gasteiger partial charge in [0.15, 0.2) is 6.17 Å². The average molecular weight is 521 g/mol. The summed E-state index contributed by atoms with van der Waals surface area (Å²) in [5.74, 6) is -3.06. The molecule has 3 aromatic rings. The number of ether oxygens (including phenoxy) is 1. The number of aromatic nitrogens is 1. The molecule has 38 heavy (non-hydrogen) atoms. The lowest BCUT2D eigenvalue weighted by molar-refractivity contribution is -0.138. The van der Waals surface area contributed by atoms with Gasteiger partial charge in [-0.2, -0.15) is 0 Å². The quantitative estimate of drug-likeness (QED) is 0.467. The molecule has 10 nitrogen and oxygen atoms in total. The Morgan fingerprint density at radius 1 is 1.03 bits per heavy atom. The second-order valence-electron chi connectivity index (χ2n) is 8.56. The monoisotopic (exact) mass is 520 g/mol. The molecule has 2 heterocycles. The van der Waals surface area contributed by atoms with Gasteiger partial charge in [-0.15, -0.1) is 0 Å². The van der Waals surface area contributed by atoms with E-state index in [2.05, 4.69) is 10.3 Å². The van der Waals surface area contributed by atoms with Crippen LogP contribution in [0.4, 0.5) is 4.39 Å². The summed E-state index contributed by atoms with van der Waals surface area (Å²) in [7, 11) is 1.46. The predicted octanol–water partition coefficient (Wildman–Crippen LogP) is 2.49. The highest BCUT2D eigenvalue weighted by molar-refractivity contribution is 6.02. The molecule has 1 aromatic heterocycles. The maximum Gasteiger partial charge on any atom is 0.305 e. The van der Waals surface area contributed by atoms with Crippen molar-refractivity contribution >= 4 is 23.7 Å². The molecular formula is C27H25FN4O6. The molecule has 3 amide bonds. The third kappa shape index (κ3) is 5.77. The van der Waals surface area contributed by atoms with Crippen molar-refractivity contribution in [2.24, 2.45) is 0 Å². The lowest BCUT2D eigenvalue weighted by atomic mass is 10.0. The maximum absolute atomic E-state index is 13.7. The van der Waals surface area contributed by atoms with E-state index < -0.39 is 48.1 Å². The number of nitrogens with one attached hydrogen (secondary N) is 1. The van der Waals surface area contributed by atoms with Crippen LogP contribution < -0.4 is 10.1 Å². The SMILES string of the molecule is COc1cccc(C(=O)N2CCN(C(=O)c3cccnc3)C2C(=O)NC(CC(=O)O)c2ccc(F)cc2)c1. The van der Waals surface area contributed by atoms with Crippen LogP contribution in [0.15, 0.2) is 73.1 Å². The molecule has 2 atom stereocenters. The number of benzene rings is 2. The summed E-state index contributed by atoms with van der Waals surface area (Å²) in [6.45, 7) is 0.113. The summed E-state index contributed by atoms with van der Waals surface area (Å²) in [5, 5.41) is 12.1. The van der Waals surface area contributed by atoms with Gasteiger partial charge in [-0.3, -0.25) is 24.2 Å². The van der Waals surface area contributed by atoms with Gasteiger partial charge in [0.25, 0.3) is 17.7 Å². The standard InChI is InChI=1S/C27H25FN4O6/c1-38-21-6-2-4-18(14-21)26(36)31-12-13-32(27(37)19-5-3-11-29-16-19)25(31)24(35)30-22(15-23(33)34)17-7-9-20(28)10-8-17/h2-11,14,16,22,25H,12-13,15H2,1H3,(H,30,35)(H,33,34). The van der Waals surface area contributed by atoms with Gasteiger partial charge in [0.2, 0.25) is 0 Å². The second kappa shape index (κ2) is 11.5. The average Bonchev–Trinajstić information content (AvgIpc) is 3.38. The van der Waals surface area contributed by atoms with E-state index in [0.717, 1.165) is 12.1 Å². The number of rotatable bonds is 8. The summed E-state index contributed by atoms with van der Waals surface area (Å²) >= 11 is 0. The van der Waals surface area contributed by atoms with E-state index in [4.69, 9.17) is 4.74 Å². The number of aliphatic carboxylic acids is 1. The third-order valence-electron chi connectivity index (χ3n) is 6.12. The molecule has 196 valence electrons. The number of hydrogen-bond acceptors (Lipinski definition) is 6. The number of nitrogens with zero attached hydrogens (tertiary/aromatic N) is 3. The first-order valence-electron chi connectivity index (χ1n) is 11.7. The van der Waals surface area contributed by atoms with Crippen LogP contribution in [0.5, 0.6) is 5.75 Å². The molecule has 0 spiro atoms. The summed E-state index contributed by atoms with van der Waals surface area (Å²) in [5.41, 5.74) is 0.830. The fourth-order valence-electron chi connectivity index (χ4n) is 4.28. The van der Waals surface area contributed by atoms with E-state index in [1.807, 2.05) is 0 Å². The Balaban J connectivity index is 1.68. The lowest BCUT2D eigenvalue weighted by Gasteiger charge is -2.31. The Kier molecular flexibility index (Phi) is 7.95. The number of carboxylic acid groups (broad SMARTS) is 1. The molecule has 1 fully saturated rings. The van der Waals surface area contributed by atoms with Gasteiger partial charge in [0, 0.05) is 31.0 Å². The first-order valence-corrected chi connectivity index (χ1v) is 11.7. The molecule has 0 saturated carbocycles. The third-order valence-corrected chi connectivity index (χ3v) is 6.12. The van der Waals surface area contributed by atoms with Crippen LogP contribution in [0.25, 0.3) is 0 Å². The van der Waals surface area contributed by atoms with Gasteiger partial charge in [-0.1, -0.05) is 18.2 Å². The van der Waals surface area contributed by atoms with E-state index in [9.17, 15) is 28.7 Å². The summed E-state index contributed by atoms with van der Waals surface area (Å²) in [6, 6.07) is 13.5. The minimum atomic E-state index is -1.38. The minimum Gasteiger partial charge on any atom is -0.497 e. The van der Waals surface area contributed by atoms with E-state index in [0.29, 0.717) is 11.3 Å². The summed E-state index contributed by atoms with van der Waals surface area (Å²) in [6.07, 6.45) is 0.987. The van der Waals surface area contributed by atoms with Crippen molar-refractivity contribution in [2.45, 2.75) is 18.6 Å². The number of amides is 3. The van der Waals surface area contributed by atoms with Crippen molar-refractivity contribution in [2.75, 3.05) is 20.2 Å². The summed E-state index contributed by atoms with van der Waals surface area (Å²) < 4.78 is 18.7. The van der Waals surface area contributed by atoms with Crippen LogP contribution in [0.1, 0.15) is 38.7 Å². The lowest BCUT2D eigenvalue weighted by Crippen LogP contribution is -2.54. The molecule has 0 radical (unpaired) electrons. The van der Waals surface area contributed by atoms with Crippen LogP contribution in [0.3, 0.4) is 0 Å². The van der Waals surface area contributed by atoms with Gasteiger partial charge in [-0.05, 0) is 48.0 Å². The van der Waals surface area contributed by atoms with E-state index in [1.165, 1.54) is 47.5 Å². The van der Waals surface area contributed by atoms with Crippen LogP contribution in [-0.4, -0.2) is 69.9 Å². The Morgan fingerprint density at radius 2 is 1.68 bits per heavy atom. The Bertz CT molecular complexity index is 1330. The highest BCUT2D eigenvalue weighted by Crippen LogP contribution is 2.25. The predicted molar refractivity (Wildman–Crippen MR) is 133 cm³/mol. The molecule has 1 saturated heterocycles. The van der Waals surface area contributed by atoms with Crippen molar-refractivity contribution < 1.29 is 33.4 Å². The fraction of sp³-hybridized carbons (Fsp3) is 0.222. The molecule has 4 rings (SSSR count). The molecule has 2 unspecified atom stereocenters. The molecule has 2 aromatic carbocycles. The number of methoxy groups -OCH3 is 1. The zero-order valence-electron chi connectivity index (χ0n) is 20.4. The minimum absolute atomic E-state index is 0.0558. The number of pyridine rings is 1. The fourth-order valence-corrected chi connectivity index (χ4v) is 4.28. The van der Waals surface area contributed by atoms with Crippen LogP contribution in [0, 0.1) is 5.82 Å². The van der Waals surface area contributed by atoms with Crippen molar-refractivity contribution in [3.63, 3.8) is 0 Å². The highest BCUT2D eigenvalue weighted by Gasteiger charge is 2.44. The van der Waals surface area contributed by atoms with Gasteiger partial charge >= 0.3 is 5.97 Å². The number of carboxylic acids is 1. The molecule has 0 aliphatic carbocycles. The summed E-state index contributed by atoms with van der Waals surface area (Å²) in [4.78, 5) is 58.6. The second-order valence-corrected chi connectivity index (χ2v) is 8.56. The topological polar surface area (TPSA) is 129 Å². The molecule has 1 aliphatic rings. The number of carbonyl (C=O) groups is 4. The first kappa shape index (κ1) is 26.3. The van der Waals surface area contributed by atoms with Gasteiger partial charge in [0.1, 0.15) is 11.6 Å². The highest BCUT2D eigenvalue weighted by atomic mass is 19.1. The number of halogens is 1. The van der Waals surface area contributed by atoms with Gasteiger partial charge < -0.3 is 25.0 Å². The number of carbonyl (C=O) groups excluding carboxylic acids is 3. The van der Waals surface area contributed by atoms with Crippen molar-refractivity contribution in [1.29, 1.82) is 0 Å². The van der Waals surface area contributed by atoms with Crippen LogP contribution >= 0.6 is 0 Å². The van der Waals surface area contributed by atoms with Crippen LogP contribution in [0.2, 0.25) is 0 Å². The van der Waals surface area contributed by atoms with E-state index in [-0.39, 0.29) is 24.2 Å². The van der Waals surface area contributed by atoms with Crippen molar-refractivity contribution in [1.82, 2.24) is 20.1 Å². The Labute approximate surface area is 217 Å². The van der Waals surface area contributed by atoms with Crippen molar-refractivity contribution in [3.8, 4) is 5.75 Å². The van der Waals surface area contributed by atoms with Crippen molar-refractivity contribution in [3.05, 3.63) is 95.6 Å². The largest absolute Gasteiger partial charge is 0.497 e. The molecule has 2 N–H and O–H groups in total. The Morgan fingerprint density at radius 3 is 2.29 bits per heavy atom. The van der Waals surface area contributed by atoms with Gasteiger partial charge in [-0.25, -0.2) is 4.39 Å². The smallest absolute Gasteiger partial charge is 0.305 e. The molecule has 1 aliphatic heterocycles. The molecular weight excluding hydrogens is 495 g/mol. The first-order chi connectivity index (χ1) is 18.3. The maximum atomic E-state index is 13.7. The van der Waals surface area contributed by atoms with Crippen LogP contribution in [-0.2, 0) is 9.59 Å². The normalized spacial score (nSPS) is 15.6. The Hall–Kier alpha value is -4.80. The van der Waals surface area contributed by atoms with Gasteiger partial charge in [0.05, 0.1) is 25.1 Å².